The number of carbonyl (C=O) groups excluding carboxylic acids is 7. The van der Waals surface area contributed by atoms with Crippen molar-refractivity contribution in [2.24, 2.45) is 16.7 Å². The second kappa shape index (κ2) is 23.9. The fourth-order valence-electron chi connectivity index (χ4n) is 11.0. The van der Waals surface area contributed by atoms with Crippen molar-refractivity contribution in [1.82, 2.24) is 5.32 Å². The zero-order valence-corrected chi connectivity index (χ0v) is 44.3. The minimum atomic E-state index is -2.50. The molecule has 20 nitrogen and oxygen atoms in total. The molecule has 4 aliphatic rings. The fraction of sp³-hybridized carbons (Fsp3) is 0.481. The zero-order chi connectivity index (χ0) is 55.2. The molecular formula is C54H61NO19S2. The molecule has 0 spiro atoms. The number of aliphatic hydroxyl groups excluding tert-OH is 1. The average Bonchev–Trinajstić information content (AvgIpc) is 3.58. The number of esters is 4. The molecule has 2 saturated carbocycles. The van der Waals surface area contributed by atoms with Gasteiger partial charge in [-0.2, -0.15) is 0 Å². The molecule has 3 aromatic carbocycles. The number of aliphatic carboxylic acids is 1. The summed E-state index contributed by atoms with van der Waals surface area (Å²) < 4.78 is 47.0. The SMILES string of the molecule is CC(=O)O[C@H]1C(=O)[C@@]2(C)[C@H]([C@H](OC(=O)c3ccccc3)[C@]3(O)C[C@H](OC(=O)[C@H](OC(=O)OCCSSCCOCC(=O)O)[C@@H](NC(=O)c4ccccc4)c4ccccc4)C(C)=C1C3(C)C)[C@]1(OC(C)=O)CO[C@@H]1C[C@@H]2O. The second-order valence-corrected chi connectivity index (χ2v) is 22.3. The average molecular weight is 1090 g/mol. The number of fused-ring (bicyclic) bond motifs is 5. The monoisotopic (exact) mass is 1090 g/mol. The Labute approximate surface area is 446 Å². The van der Waals surface area contributed by atoms with Gasteiger partial charge in [-0.05, 0) is 54.8 Å². The maximum absolute atomic E-state index is 15.8. The normalized spacial score (nSPS) is 28.0. The first-order valence-electron chi connectivity index (χ1n) is 24.5. The van der Waals surface area contributed by atoms with Crippen LogP contribution in [0.25, 0.3) is 0 Å². The lowest BCUT2D eigenvalue weighted by Crippen LogP contribution is -2.82. The number of carboxylic acids is 1. The van der Waals surface area contributed by atoms with Crippen LogP contribution in [0.15, 0.2) is 102 Å². The summed E-state index contributed by atoms with van der Waals surface area (Å²) in [5.74, 6) is -7.70. The van der Waals surface area contributed by atoms with Crippen molar-refractivity contribution in [3.8, 4) is 0 Å². The first-order chi connectivity index (χ1) is 36.1. The smallest absolute Gasteiger partial charge is 0.480 e. The first-order valence-corrected chi connectivity index (χ1v) is 26.9. The Kier molecular flexibility index (Phi) is 18.1. The third-order valence-electron chi connectivity index (χ3n) is 14.7. The van der Waals surface area contributed by atoms with E-state index in [0.29, 0.717) is 5.75 Å². The number of nitrogens with one attached hydrogen (secondary N) is 1. The van der Waals surface area contributed by atoms with Crippen LogP contribution < -0.4 is 5.32 Å². The van der Waals surface area contributed by atoms with Crippen LogP contribution in [0, 0.1) is 16.7 Å². The van der Waals surface area contributed by atoms with Crippen LogP contribution in [-0.4, -0.2) is 149 Å². The van der Waals surface area contributed by atoms with E-state index in [2.05, 4.69) is 5.32 Å². The molecule has 22 heteroatoms. The largest absolute Gasteiger partial charge is 0.509 e. The summed E-state index contributed by atoms with van der Waals surface area (Å²) in [6.07, 6.45) is -12.4. The Balaban J connectivity index is 1.33. The highest BCUT2D eigenvalue weighted by molar-refractivity contribution is 8.76. The van der Waals surface area contributed by atoms with Gasteiger partial charge in [0.05, 0.1) is 36.2 Å². The van der Waals surface area contributed by atoms with E-state index in [1.54, 1.807) is 66.7 Å². The quantitative estimate of drug-likeness (QED) is 0.0363. The van der Waals surface area contributed by atoms with Crippen molar-refractivity contribution in [3.05, 3.63) is 119 Å². The highest BCUT2D eigenvalue weighted by Gasteiger charge is 2.78. The number of hydrogen-bond donors (Lipinski definition) is 4. The van der Waals surface area contributed by atoms with Crippen molar-refractivity contribution in [2.45, 2.75) is 108 Å². The number of benzene rings is 3. The molecule has 2 bridgehead atoms. The van der Waals surface area contributed by atoms with Gasteiger partial charge in [0.1, 0.15) is 43.2 Å². The van der Waals surface area contributed by atoms with Crippen LogP contribution in [0.5, 0.6) is 0 Å². The van der Waals surface area contributed by atoms with E-state index in [-0.39, 0.29) is 59.8 Å². The molecule has 408 valence electrons. The summed E-state index contributed by atoms with van der Waals surface area (Å²) >= 11 is 0. The number of ether oxygens (including phenoxy) is 8. The molecular weight excluding hydrogens is 1030 g/mol. The number of carbonyl (C=O) groups is 8. The van der Waals surface area contributed by atoms with Gasteiger partial charge in [-0.15, -0.1) is 0 Å². The van der Waals surface area contributed by atoms with Crippen LogP contribution >= 0.6 is 21.6 Å². The van der Waals surface area contributed by atoms with E-state index in [1.165, 1.54) is 73.5 Å². The summed E-state index contributed by atoms with van der Waals surface area (Å²) in [5, 5.41) is 37.8. The summed E-state index contributed by atoms with van der Waals surface area (Å²) in [7, 11) is 2.62. The third kappa shape index (κ3) is 11.7. The van der Waals surface area contributed by atoms with Crippen LogP contribution in [0.4, 0.5) is 4.79 Å². The Bertz CT molecular complexity index is 2690. The number of rotatable bonds is 20. The molecule has 3 aliphatic carbocycles. The highest BCUT2D eigenvalue weighted by Crippen LogP contribution is 2.64. The third-order valence-corrected chi connectivity index (χ3v) is 17.0. The topological polar surface area (TPSA) is 283 Å². The molecule has 1 saturated heterocycles. The summed E-state index contributed by atoms with van der Waals surface area (Å²) in [6.45, 7) is 7.24. The van der Waals surface area contributed by atoms with Crippen molar-refractivity contribution >= 4 is 69.3 Å². The van der Waals surface area contributed by atoms with Gasteiger partial charge < -0.3 is 58.5 Å². The molecule has 1 aliphatic heterocycles. The fourth-order valence-corrected chi connectivity index (χ4v) is 12.6. The first kappa shape index (κ1) is 57.4. The lowest BCUT2D eigenvalue weighted by molar-refractivity contribution is -0.346. The zero-order valence-electron chi connectivity index (χ0n) is 42.6. The molecule has 0 radical (unpaired) electrons. The van der Waals surface area contributed by atoms with Crippen LogP contribution in [-0.2, 0) is 61.9 Å². The van der Waals surface area contributed by atoms with Crippen molar-refractivity contribution in [2.75, 3.05) is 37.9 Å². The van der Waals surface area contributed by atoms with Crippen molar-refractivity contribution < 1.29 is 91.6 Å². The van der Waals surface area contributed by atoms with E-state index in [1.807, 2.05) is 0 Å². The van der Waals surface area contributed by atoms with Gasteiger partial charge in [-0.3, -0.25) is 19.2 Å². The Morgan fingerprint density at radius 1 is 0.816 bits per heavy atom. The molecule has 3 fully saturated rings. The van der Waals surface area contributed by atoms with E-state index in [4.69, 9.17) is 43.0 Å². The van der Waals surface area contributed by atoms with E-state index >= 15 is 9.59 Å². The van der Waals surface area contributed by atoms with Gasteiger partial charge in [0.15, 0.2) is 17.5 Å². The minimum Gasteiger partial charge on any atom is -0.480 e. The number of carboxylic acid groups (broad SMARTS) is 1. The van der Waals surface area contributed by atoms with Gasteiger partial charge in [0.25, 0.3) is 5.91 Å². The number of hydrogen-bond acceptors (Lipinski definition) is 20. The van der Waals surface area contributed by atoms with E-state index in [0.717, 1.165) is 13.8 Å². The summed E-state index contributed by atoms with van der Waals surface area (Å²) in [5.41, 5.74) is -7.72. The Hall–Kier alpha value is -6.30. The predicted molar refractivity (Wildman–Crippen MR) is 271 cm³/mol. The van der Waals surface area contributed by atoms with Crippen molar-refractivity contribution in [3.63, 3.8) is 0 Å². The maximum Gasteiger partial charge on any atom is 0.509 e. The molecule has 7 rings (SSSR count). The van der Waals surface area contributed by atoms with Crippen molar-refractivity contribution in [1.29, 1.82) is 0 Å². The lowest BCUT2D eigenvalue weighted by Gasteiger charge is -2.67. The number of Topliss-reactive ketones (excluding diaryl/α,β-unsaturated/α-hetero) is 1. The molecule has 4 N–H and O–H groups in total. The Morgan fingerprint density at radius 2 is 1.42 bits per heavy atom. The molecule has 1 heterocycles. The van der Waals surface area contributed by atoms with Gasteiger partial charge in [0, 0.05) is 49.2 Å². The molecule has 1 amide bonds. The Morgan fingerprint density at radius 3 is 2.00 bits per heavy atom. The number of amides is 1. The summed E-state index contributed by atoms with van der Waals surface area (Å²) in [4.78, 5) is 110. The van der Waals surface area contributed by atoms with Gasteiger partial charge >= 0.3 is 36.0 Å². The standard InChI is InChI=1S/C54H61NO19S2/c1-30-36(71-49(64)43(72-50(65)68-23-25-76-75-24-22-67-28-39(59)60)41(33-16-10-7-11-17-33)55-47(62)34-18-12-8-13-19-34)27-54(66)46(73-48(63)35-20-14-9-15-21-35)44-52(6,37(58)26-38-53(44,29-69-38)74-32(3)57)45(61)42(70-31(2)56)40(30)51(54,4)5/h7-21,36-38,41-44,46,58,66H,22-29H2,1-6H3,(H,55,62)(H,59,60)/t36-,37-,38+,41-,42+,43+,44-,46-,52+,53-,54+/m0/s1. The maximum atomic E-state index is 15.8. The predicted octanol–water partition coefficient (Wildman–Crippen LogP) is 5.38. The lowest BCUT2D eigenvalue weighted by atomic mass is 9.44. The number of ketones is 1. The molecule has 3 aromatic rings. The van der Waals surface area contributed by atoms with E-state index in [9.17, 15) is 39.0 Å². The molecule has 76 heavy (non-hydrogen) atoms. The van der Waals surface area contributed by atoms with Gasteiger partial charge in [-0.1, -0.05) is 102 Å². The van der Waals surface area contributed by atoms with Crippen LogP contribution in [0.1, 0.15) is 86.7 Å². The van der Waals surface area contributed by atoms with Crippen LogP contribution in [0.2, 0.25) is 0 Å². The van der Waals surface area contributed by atoms with Gasteiger partial charge in [0.2, 0.25) is 6.10 Å². The summed E-state index contributed by atoms with van der Waals surface area (Å²) in [6, 6.07) is 22.3. The minimum absolute atomic E-state index is 0.0260. The molecule has 0 unspecified atom stereocenters. The highest BCUT2D eigenvalue weighted by atomic mass is 33.1. The second-order valence-electron chi connectivity index (χ2n) is 19.6. The number of aliphatic hydroxyl groups is 2. The van der Waals surface area contributed by atoms with E-state index < -0.39 is 131 Å². The van der Waals surface area contributed by atoms with Gasteiger partial charge in [-0.25, -0.2) is 19.2 Å². The van der Waals surface area contributed by atoms with Crippen LogP contribution in [0.3, 0.4) is 0 Å². The molecule has 11 atom stereocenters. The molecule has 0 aromatic heterocycles.